The monoisotopic (exact) mass is 400 g/mol. The highest BCUT2D eigenvalue weighted by Gasteiger charge is 2.17. The zero-order valence-corrected chi connectivity index (χ0v) is 16.9. The average Bonchev–Trinajstić information content (AvgIpc) is 3.10. The normalized spacial score (nSPS) is 12.9. The molecule has 0 bridgehead atoms. The molecule has 0 aliphatic heterocycles. The van der Waals surface area contributed by atoms with E-state index in [2.05, 4.69) is 34.0 Å². The molecule has 0 aliphatic carbocycles. The first-order valence-electron chi connectivity index (χ1n) is 9.51. The molecule has 2 atom stereocenters. The second-order valence-electron chi connectivity index (χ2n) is 6.49. The van der Waals surface area contributed by atoms with Crippen LogP contribution in [-0.2, 0) is 19.1 Å². The first-order valence-corrected chi connectivity index (χ1v) is 9.51. The molecule has 2 rings (SSSR count). The summed E-state index contributed by atoms with van der Waals surface area (Å²) in [5, 5.41) is 13.2. The molecule has 8 heteroatoms. The van der Waals surface area contributed by atoms with E-state index in [1.807, 2.05) is 0 Å². The van der Waals surface area contributed by atoms with Gasteiger partial charge in [-0.15, -0.1) is 13.2 Å². The number of H-pyrrole nitrogens is 1. The Morgan fingerprint density at radius 3 is 2.24 bits per heavy atom. The second kappa shape index (κ2) is 11.1. The quantitative estimate of drug-likeness (QED) is 0.374. The Morgan fingerprint density at radius 1 is 1.07 bits per heavy atom. The van der Waals surface area contributed by atoms with Crippen molar-refractivity contribution < 1.29 is 19.1 Å². The van der Waals surface area contributed by atoms with Crippen molar-refractivity contribution in [3.05, 3.63) is 43.5 Å². The molecule has 0 aliphatic rings. The summed E-state index contributed by atoms with van der Waals surface area (Å²) in [5.74, 6) is -0.191. The summed E-state index contributed by atoms with van der Waals surface area (Å²) in [6.07, 6.45) is 3.59. The van der Waals surface area contributed by atoms with Crippen LogP contribution < -0.4 is 10.6 Å². The minimum absolute atomic E-state index is 0.258. The number of benzene rings is 1. The maximum atomic E-state index is 12.3. The smallest absolute Gasteiger partial charge is 0.254 e. The fourth-order valence-corrected chi connectivity index (χ4v) is 2.46. The highest BCUT2D eigenvalue weighted by Crippen LogP contribution is 2.24. The molecule has 8 nitrogen and oxygen atoms in total. The molecule has 0 radical (unpaired) electrons. The Hall–Kier alpha value is -2.97. The van der Waals surface area contributed by atoms with Crippen molar-refractivity contribution in [1.29, 1.82) is 0 Å². The van der Waals surface area contributed by atoms with Crippen LogP contribution in [0.15, 0.2) is 43.5 Å². The second-order valence-corrected chi connectivity index (χ2v) is 6.49. The summed E-state index contributed by atoms with van der Waals surface area (Å²) in [5.41, 5.74) is 1.31. The Morgan fingerprint density at radius 2 is 1.66 bits per heavy atom. The summed E-state index contributed by atoms with van der Waals surface area (Å²) >= 11 is 0. The van der Waals surface area contributed by atoms with Crippen molar-refractivity contribution in [3.63, 3.8) is 0 Å². The number of hydrogen-bond donors (Lipinski definition) is 3. The lowest BCUT2D eigenvalue weighted by molar-refractivity contribution is -0.126. The number of fused-ring (bicyclic) bond motifs is 1. The Bertz CT molecular complexity index is 861. The molecule has 0 saturated carbocycles. The van der Waals surface area contributed by atoms with Crippen molar-refractivity contribution in [2.75, 3.05) is 23.8 Å². The van der Waals surface area contributed by atoms with Crippen molar-refractivity contribution in [1.82, 2.24) is 10.2 Å². The minimum atomic E-state index is -0.627. The van der Waals surface area contributed by atoms with E-state index in [0.717, 1.165) is 5.52 Å². The van der Waals surface area contributed by atoms with Gasteiger partial charge in [-0.1, -0.05) is 12.2 Å². The molecule has 0 fully saturated rings. The first-order chi connectivity index (χ1) is 14.0. The third-order valence-electron chi connectivity index (χ3n) is 4.19. The van der Waals surface area contributed by atoms with Crippen molar-refractivity contribution in [3.8, 4) is 0 Å². The number of ether oxygens (including phenoxy) is 2. The van der Waals surface area contributed by atoms with Crippen LogP contribution in [0.3, 0.4) is 0 Å². The summed E-state index contributed by atoms with van der Waals surface area (Å²) in [4.78, 5) is 24.6. The van der Waals surface area contributed by atoms with E-state index in [-0.39, 0.29) is 11.8 Å². The maximum absolute atomic E-state index is 12.3. The molecule has 0 unspecified atom stereocenters. The molecule has 29 heavy (non-hydrogen) atoms. The Kier molecular flexibility index (Phi) is 8.57. The van der Waals surface area contributed by atoms with Gasteiger partial charge in [0.15, 0.2) is 5.82 Å². The molecule has 1 heterocycles. The van der Waals surface area contributed by atoms with E-state index in [0.29, 0.717) is 42.9 Å². The van der Waals surface area contributed by atoms with E-state index in [9.17, 15) is 9.59 Å². The van der Waals surface area contributed by atoms with Gasteiger partial charge in [0.25, 0.3) is 11.8 Å². The Balaban J connectivity index is 2.03. The zero-order chi connectivity index (χ0) is 21.2. The molecule has 3 N–H and O–H groups in total. The van der Waals surface area contributed by atoms with Crippen LogP contribution >= 0.6 is 0 Å². The number of carbonyl (C=O) groups is 2. The van der Waals surface area contributed by atoms with Gasteiger partial charge in [-0.2, -0.15) is 5.10 Å². The fraction of sp³-hybridized carbons (Fsp3) is 0.381. The highest BCUT2D eigenvalue weighted by molar-refractivity contribution is 6.03. The van der Waals surface area contributed by atoms with Gasteiger partial charge in [0.05, 0.1) is 18.7 Å². The van der Waals surface area contributed by atoms with Crippen LogP contribution in [0.1, 0.15) is 26.7 Å². The van der Waals surface area contributed by atoms with E-state index in [1.165, 1.54) is 0 Å². The van der Waals surface area contributed by atoms with Crippen LogP contribution in [0.5, 0.6) is 0 Å². The number of nitrogens with zero attached hydrogens (tertiary/aromatic N) is 1. The summed E-state index contributed by atoms with van der Waals surface area (Å²) in [7, 11) is 0. The summed E-state index contributed by atoms with van der Waals surface area (Å²) in [6.45, 7) is 11.5. The summed E-state index contributed by atoms with van der Waals surface area (Å²) in [6, 6.07) is 5.27. The lowest BCUT2D eigenvalue weighted by atomic mass is 10.2. The van der Waals surface area contributed by atoms with Crippen LogP contribution in [-0.4, -0.2) is 47.4 Å². The lowest BCUT2D eigenvalue weighted by Crippen LogP contribution is -2.28. The molecular formula is C21H28N4O4. The average molecular weight is 400 g/mol. The molecule has 156 valence electrons. The largest absolute Gasteiger partial charge is 0.368 e. The number of aromatic amines is 1. The topological polar surface area (TPSA) is 105 Å². The number of anilines is 2. The number of amides is 2. The van der Waals surface area contributed by atoms with Crippen molar-refractivity contribution >= 4 is 34.2 Å². The SMILES string of the molecule is C=CCCO[C@@H](C)C(=O)Nc1ccc2[nH]nc(NC(=O)[C@H](C)OCCC=C)c2c1. The van der Waals surface area contributed by atoms with E-state index < -0.39 is 12.2 Å². The molecule has 2 amide bonds. The van der Waals surface area contributed by atoms with E-state index in [1.54, 1.807) is 44.2 Å². The molecule has 0 saturated heterocycles. The van der Waals surface area contributed by atoms with Crippen LogP contribution in [0.4, 0.5) is 11.5 Å². The van der Waals surface area contributed by atoms with Crippen molar-refractivity contribution in [2.24, 2.45) is 0 Å². The number of rotatable bonds is 12. The predicted octanol–water partition coefficient (Wildman–Crippen LogP) is 3.40. The molecule has 1 aromatic carbocycles. The zero-order valence-electron chi connectivity index (χ0n) is 16.9. The number of carbonyl (C=O) groups excluding carboxylic acids is 2. The van der Waals surface area contributed by atoms with Gasteiger partial charge in [-0.25, -0.2) is 0 Å². The van der Waals surface area contributed by atoms with Crippen LogP contribution in [0, 0.1) is 0 Å². The number of aromatic nitrogens is 2. The lowest BCUT2D eigenvalue weighted by Gasteiger charge is -2.13. The van der Waals surface area contributed by atoms with Gasteiger partial charge < -0.3 is 20.1 Å². The van der Waals surface area contributed by atoms with Crippen LogP contribution in [0.25, 0.3) is 10.9 Å². The van der Waals surface area contributed by atoms with Crippen molar-refractivity contribution in [2.45, 2.75) is 38.9 Å². The third kappa shape index (κ3) is 6.55. The fourth-order valence-electron chi connectivity index (χ4n) is 2.46. The Labute approximate surface area is 170 Å². The van der Waals surface area contributed by atoms with Gasteiger partial charge in [-0.05, 0) is 44.9 Å². The van der Waals surface area contributed by atoms with Crippen LogP contribution in [0.2, 0.25) is 0 Å². The number of hydrogen-bond acceptors (Lipinski definition) is 5. The van der Waals surface area contributed by atoms with Gasteiger partial charge in [0.2, 0.25) is 0 Å². The minimum Gasteiger partial charge on any atom is -0.368 e. The van der Waals surface area contributed by atoms with E-state index in [4.69, 9.17) is 9.47 Å². The number of nitrogens with one attached hydrogen (secondary N) is 3. The first kappa shape index (κ1) is 22.3. The predicted molar refractivity (Wildman–Crippen MR) is 114 cm³/mol. The highest BCUT2D eigenvalue weighted by atomic mass is 16.5. The van der Waals surface area contributed by atoms with Gasteiger partial charge in [-0.3, -0.25) is 14.7 Å². The van der Waals surface area contributed by atoms with Gasteiger partial charge in [0, 0.05) is 11.1 Å². The maximum Gasteiger partial charge on any atom is 0.254 e. The molecule has 2 aromatic rings. The van der Waals surface area contributed by atoms with Gasteiger partial charge >= 0.3 is 0 Å². The molecular weight excluding hydrogens is 372 g/mol. The van der Waals surface area contributed by atoms with Gasteiger partial charge in [0.1, 0.15) is 12.2 Å². The molecule has 0 spiro atoms. The summed E-state index contributed by atoms with van der Waals surface area (Å²) < 4.78 is 10.9. The van der Waals surface area contributed by atoms with E-state index >= 15 is 0 Å². The third-order valence-corrected chi connectivity index (χ3v) is 4.19. The standard InChI is InChI=1S/C21H28N4O4/c1-5-7-11-28-14(3)20(26)22-16-9-10-18-17(13-16)19(25-24-18)23-21(27)15(4)29-12-8-6-2/h5-6,9-10,13-15H,1-2,7-8,11-12H2,3-4H3,(H,22,26)(H2,23,24,25,27)/t14-,15-/m0/s1. The molecule has 1 aromatic heterocycles.